The van der Waals surface area contributed by atoms with Crippen molar-refractivity contribution in [2.75, 3.05) is 13.2 Å². The molecule has 0 aliphatic carbocycles. The molecule has 2 aromatic heterocycles. The highest BCUT2D eigenvalue weighted by Crippen LogP contribution is 2.33. The van der Waals surface area contributed by atoms with Crippen LogP contribution >= 0.6 is 0 Å². The van der Waals surface area contributed by atoms with E-state index >= 15 is 0 Å². The third kappa shape index (κ3) is 2.89. The summed E-state index contributed by atoms with van der Waals surface area (Å²) in [7, 11) is 0. The highest BCUT2D eigenvalue weighted by Gasteiger charge is 2.30. The summed E-state index contributed by atoms with van der Waals surface area (Å²) in [5, 5.41) is 4.53. The minimum absolute atomic E-state index is 0.0455. The van der Waals surface area contributed by atoms with Gasteiger partial charge in [0.15, 0.2) is 0 Å². The molecule has 4 heterocycles. The molecule has 2 aliphatic heterocycles. The molecule has 2 atom stereocenters. The van der Waals surface area contributed by atoms with Crippen LogP contribution in [0.4, 0.5) is 0 Å². The molecule has 0 bridgehead atoms. The summed E-state index contributed by atoms with van der Waals surface area (Å²) in [4.78, 5) is 8.72. The number of hydrogen-bond donors (Lipinski definition) is 1. The highest BCUT2D eigenvalue weighted by atomic mass is 16.6. The fourth-order valence-corrected chi connectivity index (χ4v) is 4.23. The fraction of sp³-hybridized carbons (Fsp3) is 0.429. The van der Waals surface area contributed by atoms with E-state index in [2.05, 4.69) is 45.0 Å². The molecule has 1 fully saturated rings. The minimum atomic E-state index is -0.0544. The lowest BCUT2D eigenvalue weighted by Crippen LogP contribution is -2.26. The standard InChI is InChI=1S/C21H24N4O2/c1-13-3-4-19(18-10-22-7-5-16(13)18)27-15-9-20(26-11-15)25-8-6-17-14(2)23-12-24-21(17)25/h3-4,6,8,12,15,20,22H,5,7,9-11H2,1-2H3. The number of nitrogens with one attached hydrogen (secondary N) is 1. The van der Waals surface area contributed by atoms with Gasteiger partial charge in [0.2, 0.25) is 0 Å². The SMILES string of the molecule is Cc1ccc(OC2COC(n3ccc4c(C)ncnc43)C2)c2c1CCNC2. The first kappa shape index (κ1) is 16.7. The van der Waals surface area contributed by atoms with Crippen LogP contribution in [-0.2, 0) is 17.7 Å². The smallest absolute Gasteiger partial charge is 0.145 e. The molecule has 0 radical (unpaired) electrons. The number of ether oxygens (including phenoxy) is 2. The molecule has 0 amide bonds. The molecule has 3 aromatic rings. The van der Waals surface area contributed by atoms with Gasteiger partial charge in [-0.3, -0.25) is 0 Å². The first-order chi connectivity index (χ1) is 13.2. The van der Waals surface area contributed by atoms with Crippen molar-refractivity contribution in [3.8, 4) is 5.75 Å². The van der Waals surface area contributed by atoms with E-state index in [-0.39, 0.29) is 12.3 Å². The van der Waals surface area contributed by atoms with Crippen LogP contribution in [-0.4, -0.2) is 33.8 Å². The maximum atomic E-state index is 6.38. The Morgan fingerprint density at radius 1 is 1.19 bits per heavy atom. The van der Waals surface area contributed by atoms with Crippen LogP contribution in [0.3, 0.4) is 0 Å². The maximum absolute atomic E-state index is 6.38. The van der Waals surface area contributed by atoms with Crippen molar-refractivity contribution in [2.45, 2.75) is 45.6 Å². The molecule has 0 saturated carbocycles. The molecular formula is C21H24N4O2. The molecule has 6 nitrogen and oxygen atoms in total. The fourth-order valence-electron chi connectivity index (χ4n) is 4.23. The van der Waals surface area contributed by atoms with Crippen molar-refractivity contribution in [2.24, 2.45) is 0 Å². The molecule has 27 heavy (non-hydrogen) atoms. The van der Waals surface area contributed by atoms with Gasteiger partial charge >= 0.3 is 0 Å². The monoisotopic (exact) mass is 364 g/mol. The summed E-state index contributed by atoms with van der Waals surface area (Å²) < 4.78 is 14.5. The van der Waals surface area contributed by atoms with Gasteiger partial charge in [0.25, 0.3) is 0 Å². The summed E-state index contributed by atoms with van der Waals surface area (Å²) in [5.74, 6) is 0.993. The van der Waals surface area contributed by atoms with Crippen molar-refractivity contribution in [3.63, 3.8) is 0 Å². The average molecular weight is 364 g/mol. The molecule has 2 aliphatic rings. The summed E-state index contributed by atoms with van der Waals surface area (Å²) in [6.07, 6.45) is 5.52. The molecular weight excluding hydrogens is 340 g/mol. The van der Waals surface area contributed by atoms with Crippen LogP contribution < -0.4 is 10.1 Å². The molecule has 1 N–H and O–H groups in total. The van der Waals surface area contributed by atoms with Crippen LogP contribution in [0.2, 0.25) is 0 Å². The van der Waals surface area contributed by atoms with Crippen LogP contribution in [0.25, 0.3) is 11.0 Å². The van der Waals surface area contributed by atoms with Gasteiger partial charge in [-0.1, -0.05) is 6.07 Å². The second-order valence-electron chi connectivity index (χ2n) is 7.45. The van der Waals surface area contributed by atoms with Crippen LogP contribution in [0.1, 0.15) is 35.0 Å². The minimum Gasteiger partial charge on any atom is -0.487 e. The predicted octanol–water partition coefficient (Wildman–Crippen LogP) is 3.06. The topological polar surface area (TPSA) is 61.2 Å². The largest absolute Gasteiger partial charge is 0.487 e. The summed E-state index contributed by atoms with van der Waals surface area (Å²) in [6, 6.07) is 6.34. The van der Waals surface area contributed by atoms with E-state index in [4.69, 9.17) is 9.47 Å². The molecule has 1 saturated heterocycles. The van der Waals surface area contributed by atoms with E-state index in [0.717, 1.165) is 48.4 Å². The Labute approximate surface area is 158 Å². The average Bonchev–Trinajstić information content (AvgIpc) is 3.32. The van der Waals surface area contributed by atoms with Crippen molar-refractivity contribution in [1.29, 1.82) is 0 Å². The van der Waals surface area contributed by atoms with Gasteiger partial charge in [-0.2, -0.15) is 0 Å². The third-order valence-corrected chi connectivity index (χ3v) is 5.73. The quantitative estimate of drug-likeness (QED) is 0.774. The Morgan fingerprint density at radius 2 is 2.11 bits per heavy atom. The van der Waals surface area contributed by atoms with Gasteiger partial charge < -0.3 is 19.4 Å². The zero-order valence-corrected chi connectivity index (χ0v) is 15.7. The lowest BCUT2D eigenvalue weighted by molar-refractivity contribution is 0.0526. The number of aryl methyl sites for hydroxylation is 2. The van der Waals surface area contributed by atoms with Crippen LogP contribution in [0, 0.1) is 13.8 Å². The van der Waals surface area contributed by atoms with E-state index in [1.807, 2.05) is 13.1 Å². The van der Waals surface area contributed by atoms with E-state index in [0.29, 0.717) is 6.61 Å². The molecule has 0 spiro atoms. The Kier molecular flexibility index (Phi) is 4.10. The summed E-state index contributed by atoms with van der Waals surface area (Å²) in [5.41, 5.74) is 6.01. The first-order valence-corrected chi connectivity index (χ1v) is 9.59. The zero-order chi connectivity index (χ0) is 18.4. The number of aromatic nitrogens is 3. The van der Waals surface area contributed by atoms with Crippen molar-refractivity contribution >= 4 is 11.0 Å². The number of benzene rings is 1. The van der Waals surface area contributed by atoms with Gasteiger partial charge in [0, 0.05) is 30.1 Å². The lowest BCUT2D eigenvalue weighted by Gasteiger charge is -2.24. The number of hydrogen-bond acceptors (Lipinski definition) is 5. The Balaban J connectivity index is 1.37. The maximum Gasteiger partial charge on any atom is 0.145 e. The Hall–Kier alpha value is -2.44. The molecule has 5 rings (SSSR count). The van der Waals surface area contributed by atoms with Gasteiger partial charge in [-0.25, -0.2) is 9.97 Å². The van der Waals surface area contributed by atoms with Crippen molar-refractivity contribution < 1.29 is 9.47 Å². The molecule has 1 aromatic carbocycles. The lowest BCUT2D eigenvalue weighted by atomic mass is 9.95. The number of rotatable bonds is 3. The second kappa shape index (κ2) is 6.62. The molecule has 2 unspecified atom stereocenters. The van der Waals surface area contributed by atoms with Gasteiger partial charge in [-0.15, -0.1) is 0 Å². The van der Waals surface area contributed by atoms with E-state index in [1.54, 1.807) is 6.33 Å². The first-order valence-electron chi connectivity index (χ1n) is 9.59. The van der Waals surface area contributed by atoms with Crippen LogP contribution in [0.15, 0.2) is 30.7 Å². The summed E-state index contributed by atoms with van der Waals surface area (Å²) in [6.45, 7) is 6.69. The van der Waals surface area contributed by atoms with Gasteiger partial charge in [-0.05, 0) is 50.1 Å². The predicted molar refractivity (Wildman–Crippen MR) is 103 cm³/mol. The van der Waals surface area contributed by atoms with Crippen molar-refractivity contribution in [1.82, 2.24) is 19.9 Å². The zero-order valence-electron chi connectivity index (χ0n) is 15.7. The van der Waals surface area contributed by atoms with Crippen molar-refractivity contribution in [3.05, 3.63) is 53.1 Å². The van der Waals surface area contributed by atoms with E-state index < -0.39 is 0 Å². The molecule has 140 valence electrons. The normalized spacial score (nSPS) is 22.1. The number of fused-ring (bicyclic) bond motifs is 2. The Bertz CT molecular complexity index is 997. The molecule has 6 heteroatoms. The van der Waals surface area contributed by atoms with Crippen LogP contribution in [0.5, 0.6) is 5.75 Å². The van der Waals surface area contributed by atoms with Gasteiger partial charge in [0.05, 0.1) is 12.3 Å². The highest BCUT2D eigenvalue weighted by molar-refractivity contribution is 5.78. The number of nitrogens with zero attached hydrogens (tertiary/aromatic N) is 3. The second-order valence-corrected chi connectivity index (χ2v) is 7.45. The third-order valence-electron chi connectivity index (χ3n) is 5.73. The van der Waals surface area contributed by atoms with E-state index in [9.17, 15) is 0 Å². The summed E-state index contributed by atoms with van der Waals surface area (Å²) >= 11 is 0. The Morgan fingerprint density at radius 3 is 3.04 bits per heavy atom. The van der Waals surface area contributed by atoms with Gasteiger partial charge in [0.1, 0.15) is 30.1 Å². The van der Waals surface area contributed by atoms with E-state index in [1.165, 1.54) is 16.7 Å².